The van der Waals surface area contributed by atoms with Gasteiger partial charge in [-0.1, -0.05) is 13.8 Å². The second kappa shape index (κ2) is 6.90. The lowest BCUT2D eigenvalue weighted by Gasteiger charge is -2.27. The molecule has 1 amide bonds. The number of rotatable bonds is 5. The van der Waals surface area contributed by atoms with Crippen LogP contribution in [0.3, 0.4) is 0 Å². The van der Waals surface area contributed by atoms with Crippen LogP contribution in [0.5, 0.6) is 0 Å². The Balaban J connectivity index is 1.69. The van der Waals surface area contributed by atoms with Crippen LogP contribution in [0.4, 0.5) is 5.69 Å². The Labute approximate surface area is 153 Å². The lowest BCUT2D eigenvalue weighted by Crippen LogP contribution is -2.45. The van der Waals surface area contributed by atoms with E-state index in [0.717, 1.165) is 11.2 Å². The molecule has 1 saturated heterocycles. The fourth-order valence-electron chi connectivity index (χ4n) is 3.16. The summed E-state index contributed by atoms with van der Waals surface area (Å²) < 4.78 is 29.0. The number of fused-ring (bicyclic) bond motifs is 1. The van der Waals surface area contributed by atoms with Gasteiger partial charge in [-0.15, -0.1) is 0 Å². The van der Waals surface area contributed by atoms with Crippen LogP contribution < -0.4 is 5.32 Å². The quantitative estimate of drug-likeness (QED) is 0.857. The number of amides is 1. The third kappa shape index (κ3) is 3.85. The molecule has 1 aromatic carbocycles. The predicted octanol–water partition coefficient (Wildman–Crippen LogP) is 2.40. The van der Waals surface area contributed by atoms with Crippen molar-refractivity contribution in [2.24, 2.45) is 0 Å². The van der Waals surface area contributed by atoms with Gasteiger partial charge in [-0.05, 0) is 31.5 Å². The van der Waals surface area contributed by atoms with Gasteiger partial charge in [-0.25, -0.2) is 13.4 Å². The zero-order valence-electron chi connectivity index (χ0n) is 15.5. The minimum Gasteiger partial charge on any atom is -0.440 e. The van der Waals surface area contributed by atoms with Crippen LogP contribution in [-0.4, -0.2) is 54.8 Å². The van der Waals surface area contributed by atoms with Crippen molar-refractivity contribution in [2.75, 3.05) is 23.9 Å². The predicted molar refractivity (Wildman–Crippen MR) is 101 cm³/mol. The first-order valence-electron chi connectivity index (χ1n) is 8.80. The molecule has 0 bridgehead atoms. The van der Waals surface area contributed by atoms with Gasteiger partial charge in [0.1, 0.15) is 11.6 Å². The van der Waals surface area contributed by atoms with Crippen LogP contribution in [0.15, 0.2) is 22.6 Å². The van der Waals surface area contributed by atoms with Crippen molar-refractivity contribution in [1.29, 1.82) is 0 Å². The van der Waals surface area contributed by atoms with Crippen molar-refractivity contribution >= 4 is 32.5 Å². The van der Waals surface area contributed by atoms with Gasteiger partial charge in [0.2, 0.25) is 5.91 Å². The fourth-order valence-corrected chi connectivity index (χ4v) is 4.93. The molecule has 8 heteroatoms. The maximum atomic E-state index is 12.6. The van der Waals surface area contributed by atoms with Gasteiger partial charge in [0.25, 0.3) is 0 Å². The summed E-state index contributed by atoms with van der Waals surface area (Å²) in [4.78, 5) is 18.7. The Morgan fingerprint density at radius 3 is 2.69 bits per heavy atom. The Morgan fingerprint density at radius 1 is 1.35 bits per heavy atom. The number of sulfone groups is 1. The number of hydrogen-bond acceptors (Lipinski definition) is 6. The Hall–Kier alpha value is -2.09. The summed E-state index contributed by atoms with van der Waals surface area (Å²) in [7, 11) is -1.35. The maximum Gasteiger partial charge on any atom is 0.244 e. The topological polar surface area (TPSA) is 92.5 Å². The molecule has 0 unspecified atom stereocenters. The highest BCUT2D eigenvalue weighted by Crippen LogP contribution is 2.24. The molecule has 0 spiro atoms. The summed E-state index contributed by atoms with van der Waals surface area (Å²) >= 11 is 0. The molecule has 0 saturated carbocycles. The molecule has 2 atom stereocenters. The highest BCUT2D eigenvalue weighted by Gasteiger charge is 2.34. The molecule has 1 aromatic heterocycles. The van der Waals surface area contributed by atoms with Gasteiger partial charge in [-0.2, -0.15) is 0 Å². The largest absolute Gasteiger partial charge is 0.440 e. The van der Waals surface area contributed by atoms with Crippen LogP contribution in [0.1, 0.15) is 39.0 Å². The van der Waals surface area contributed by atoms with Crippen LogP contribution in [0, 0.1) is 0 Å². The van der Waals surface area contributed by atoms with Crippen LogP contribution in [-0.2, 0) is 14.6 Å². The molecule has 2 aromatic rings. The molecule has 1 N–H and O–H groups in total. The highest BCUT2D eigenvalue weighted by atomic mass is 32.2. The number of carbonyl (C=O) groups excluding carboxylic acids is 1. The number of nitrogens with zero attached hydrogens (tertiary/aromatic N) is 2. The minimum atomic E-state index is -3.02. The Kier molecular flexibility index (Phi) is 4.96. The number of benzene rings is 1. The monoisotopic (exact) mass is 379 g/mol. The molecular formula is C18H25N3O4S. The standard InChI is InChI=1S/C18H25N3O4S/c1-11(2)17-20-15-9-13(5-6-16(15)25-17)19-12(3)18(22)21(4)14-7-8-26(23,24)10-14/h5-6,9,11-12,14,19H,7-8,10H2,1-4H3/t12-,14+/m0/s1. The van der Waals surface area contributed by atoms with E-state index in [1.54, 1.807) is 18.9 Å². The minimum absolute atomic E-state index is 0.0465. The maximum absolute atomic E-state index is 12.6. The van der Waals surface area contributed by atoms with E-state index in [2.05, 4.69) is 10.3 Å². The summed E-state index contributed by atoms with van der Waals surface area (Å²) in [5, 5.41) is 3.18. The summed E-state index contributed by atoms with van der Waals surface area (Å²) in [6.07, 6.45) is 0.500. The molecule has 26 heavy (non-hydrogen) atoms. The third-order valence-corrected chi connectivity index (χ3v) is 6.51. The van der Waals surface area contributed by atoms with Gasteiger partial charge < -0.3 is 14.6 Å². The molecule has 1 fully saturated rings. The van der Waals surface area contributed by atoms with Crippen molar-refractivity contribution < 1.29 is 17.6 Å². The molecule has 1 aliphatic rings. The Bertz CT molecular complexity index is 920. The first-order valence-corrected chi connectivity index (χ1v) is 10.6. The van der Waals surface area contributed by atoms with Crippen molar-refractivity contribution in [3.05, 3.63) is 24.1 Å². The van der Waals surface area contributed by atoms with E-state index in [1.807, 2.05) is 32.0 Å². The van der Waals surface area contributed by atoms with Gasteiger partial charge in [0.15, 0.2) is 21.3 Å². The third-order valence-electron chi connectivity index (χ3n) is 4.76. The number of anilines is 1. The van der Waals surface area contributed by atoms with E-state index in [1.165, 1.54) is 0 Å². The molecule has 0 radical (unpaired) electrons. The fraction of sp³-hybridized carbons (Fsp3) is 0.556. The average Bonchev–Trinajstić information content (AvgIpc) is 3.16. The number of aromatic nitrogens is 1. The smallest absolute Gasteiger partial charge is 0.244 e. The van der Waals surface area contributed by atoms with Crippen molar-refractivity contribution in [3.63, 3.8) is 0 Å². The summed E-state index contributed by atoms with van der Waals surface area (Å²) in [5.74, 6) is 0.956. The zero-order chi connectivity index (χ0) is 19.1. The van der Waals surface area contributed by atoms with Crippen LogP contribution >= 0.6 is 0 Å². The number of oxazole rings is 1. The first kappa shape index (κ1) is 18.7. The van der Waals surface area contributed by atoms with E-state index < -0.39 is 15.9 Å². The van der Waals surface area contributed by atoms with E-state index in [-0.39, 0.29) is 29.4 Å². The molecule has 1 aliphatic heterocycles. The Morgan fingerprint density at radius 2 is 2.08 bits per heavy atom. The second-order valence-electron chi connectivity index (χ2n) is 7.26. The SMILES string of the molecule is CC(C)c1nc2cc(N[C@@H](C)C(=O)N(C)[C@@H]3CCS(=O)(=O)C3)ccc2o1. The molecule has 2 heterocycles. The van der Waals surface area contributed by atoms with Crippen molar-refractivity contribution in [2.45, 2.75) is 45.2 Å². The zero-order valence-corrected chi connectivity index (χ0v) is 16.3. The average molecular weight is 379 g/mol. The van der Waals surface area contributed by atoms with Crippen molar-refractivity contribution in [1.82, 2.24) is 9.88 Å². The number of likely N-dealkylation sites (N-methyl/N-ethyl adjacent to an activating group) is 1. The normalized spacial score (nSPS) is 20.4. The summed E-state index contributed by atoms with van der Waals surface area (Å²) in [6, 6.07) is 4.82. The summed E-state index contributed by atoms with van der Waals surface area (Å²) in [5.41, 5.74) is 2.23. The molecular weight excluding hydrogens is 354 g/mol. The second-order valence-corrected chi connectivity index (χ2v) is 9.49. The van der Waals surface area contributed by atoms with Gasteiger partial charge in [0, 0.05) is 24.7 Å². The van der Waals surface area contributed by atoms with E-state index in [9.17, 15) is 13.2 Å². The van der Waals surface area contributed by atoms with Crippen molar-refractivity contribution in [3.8, 4) is 0 Å². The van der Waals surface area contributed by atoms with Crippen LogP contribution in [0.2, 0.25) is 0 Å². The van der Waals surface area contributed by atoms with Gasteiger partial charge in [-0.3, -0.25) is 4.79 Å². The van der Waals surface area contributed by atoms with Crippen LogP contribution in [0.25, 0.3) is 11.1 Å². The molecule has 0 aliphatic carbocycles. The lowest BCUT2D eigenvalue weighted by molar-refractivity contribution is -0.132. The number of hydrogen-bond donors (Lipinski definition) is 1. The summed E-state index contributed by atoms with van der Waals surface area (Å²) in [6.45, 7) is 5.81. The molecule has 7 nitrogen and oxygen atoms in total. The molecule has 142 valence electrons. The van der Waals surface area contributed by atoms with E-state index in [0.29, 0.717) is 17.9 Å². The lowest BCUT2D eigenvalue weighted by atomic mass is 10.2. The first-order chi connectivity index (χ1) is 12.2. The number of nitrogens with one attached hydrogen (secondary N) is 1. The van der Waals surface area contributed by atoms with E-state index >= 15 is 0 Å². The van der Waals surface area contributed by atoms with Gasteiger partial charge in [0.05, 0.1) is 11.5 Å². The highest BCUT2D eigenvalue weighted by molar-refractivity contribution is 7.91. The van der Waals surface area contributed by atoms with E-state index in [4.69, 9.17) is 4.42 Å². The number of carbonyl (C=O) groups is 1. The molecule has 3 rings (SSSR count). The van der Waals surface area contributed by atoms with Gasteiger partial charge >= 0.3 is 0 Å².